The molecular weight excluding hydrogens is 270 g/mol. The van der Waals surface area contributed by atoms with E-state index in [1.807, 2.05) is 37.3 Å². The zero-order valence-electron chi connectivity index (χ0n) is 11.5. The summed E-state index contributed by atoms with van der Waals surface area (Å²) in [6.45, 7) is 1.82. The Morgan fingerprint density at radius 2 is 1.75 bits per heavy atom. The van der Waals surface area contributed by atoms with E-state index >= 15 is 0 Å². The normalized spacial score (nSPS) is 11.4. The van der Waals surface area contributed by atoms with Gasteiger partial charge in [-0.3, -0.25) is 0 Å². The highest BCUT2D eigenvalue weighted by Gasteiger charge is 2.14. The molecule has 2 aromatic rings. The topological polar surface area (TPSA) is 60.2 Å². The van der Waals surface area contributed by atoms with E-state index < -0.39 is 9.84 Å². The molecule has 0 aliphatic heterocycles. The van der Waals surface area contributed by atoms with Crippen molar-refractivity contribution in [3.63, 3.8) is 0 Å². The van der Waals surface area contributed by atoms with E-state index in [2.05, 4.69) is 0 Å². The first-order valence-corrected chi connectivity index (χ1v) is 8.27. The summed E-state index contributed by atoms with van der Waals surface area (Å²) in [7, 11) is -3.23. The Kier molecular flexibility index (Phi) is 4.45. The molecule has 0 fully saturated rings. The fraction of sp³-hybridized carbons (Fsp3) is 0.250. The van der Waals surface area contributed by atoms with E-state index in [1.54, 1.807) is 18.2 Å². The van der Waals surface area contributed by atoms with Crippen molar-refractivity contribution in [2.45, 2.75) is 24.7 Å². The molecule has 0 amide bonds. The molecule has 0 saturated carbocycles. The minimum Gasteiger partial charge on any atom is -0.399 e. The van der Waals surface area contributed by atoms with Crippen LogP contribution in [0.15, 0.2) is 53.4 Å². The van der Waals surface area contributed by atoms with E-state index in [1.165, 1.54) is 0 Å². The number of aryl methyl sites for hydroxylation is 2. The summed E-state index contributed by atoms with van der Waals surface area (Å²) in [5.41, 5.74) is 8.30. The number of sulfone groups is 1. The van der Waals surface area contributed by atoms with Crippen molar-refractivity contribution in [3.05, 3.63) is 59.7 Å². The van der Waals surface area contributed by atoms with Crippen LogP contribution in [0.25, 0.3) is 0 Å². The van der Waals surface area contributed by atoms with E-state index in [-0.39, 0.29) is 5.75 Å². The Morgan fingerprint density at radius 1 is 1.05 bits per heavy atom. The van der Waals surface area contributed by atoms with E-state index in [4.69, 9.17) is 5.73 Å². The number of nitrogen functional groups attached to an aromatic ring is 1. The summed E-state index contributed by atoms with van der Waals surface area (Å²) in [5, 5.41) is 0. The molecule has 0 unspecified atom stereocenters. The number of hydrogen-bond donors (Lipinski definition) is 1. The monoisotopic (exact) mass is 289 g/mol. The van der Waals surface area contributed by atoms with Gasteiger partial charge >= 0.3 is 0 Å². The van der Waals surface area contributed by atoms with Crippen molar-refractivity contribution in [2.75, 3.05) is 11.5 Å². The van der Waals surface area contributed by atoms with Crippen molar-refractivity contribution in [3.8, 4) is 0 Å². The lowest BCUT2D eigenvalue weighted by molar-refractivity contribution is 0.593. The largest absolute Gasteiger partial charge is 0.399 e. The zero-order valence-corrected chi connectivity index (χ0v) is 12.4. The predicted molar refractivity (Wildman–Crippen MR) is 82.4 cm³/mol. The highest BCUT2D eigenvalue weighted by Crippen LogP contribution is 2.19. The summed E-state index contributed by atoms with van der Waals surface area (Å²) in [5.74, 6) is 0.158. The van der Waals surface area contributed by atoms with E-state index in [0.29, 0.717) is 17.0 Å². The lowest BCUT2D eigenvalue weighted by Gasteiger charge is -2.07. The Labute approximate surface area is 120 Å². The van der Waals surface area contributed by atoms with Crippen LogP contribution in [-0.2, 0) is 16.3 Å². The first kappa shape index (κ1) is 14.6. The quantitative estimate of drug-likeness (QED) is 0.861. The van der Waals surface area contributed by atoms with Crippen LogP contribution in [0.4, 0.5) is 5.69 Å². The fourth-order valence-electron chi connectivity index (χ4n) is 2.07. The molecule has 0 bridgehead atoms. The second-order valence-corrected chi connectivity index (χ2v) is 7.04. The SMILES string of the molecule is Cc1cc(S(=O)(=O)CCCc2ccccc2)ccc1N. The van der Waals surface area contributed by atoms with Gasteiger partial charge in [-0.1, -0.05) is 30.3 Å². The van der Waals surface area contributed by atoms with Crippen molar-refractivity contribution < 1.29 is 8.42 Å². The summed E-state index contributed by atoms with van der Waals surface area (Å²) in [6, 6.07) is 14.8. The van der Waals surface area contributed by atoms with Crippen LogP contribution in [0.5, 0.6) is 0 Å². The maximum atomic E-state index is 12.2. The third-order valence-corrected chi connectivity index (χ3v) is 5.12. The molecule has 0 aliphatic carbocycles. The number of hydrogen-bond acceptors (Lipinski definition) is 3. The minimum absolute atomic E-state index is 0.158. The van der Waals surface area contributed by atoms with E-state index in [9.17, 15) is 8.42 Å². The van der Waals surface area contributed by atoms with Gasteiger partial charge in [-0.05, 0) is 49.1 Å². The fourth-order valence-corrected chi connectivity index (χ4v) is 3.46. The van der Waals surface area contributed by atoms with E-state index in [0.717, 1.165) is 17.5 Å². The molecule has 0 spiro atoms. The molecule has 0 atom stereocenters. The van der Waals surface area contributed by atoms with Gasteiger partial charge in [0, 0.05) is 5.69 Å². The second-order valence-electron chi connectivity index (χ2n) is 4.93. The molecule has 0 aromatic heterocycles. The third kappa shape index (κ3) is 3.61. The summed E-state index contributed by atoms with van der Waals surface area (Å²) in [4.78, 5) is 0.359. The standard InChI is InChI=1S/C16H19NO2S/c1-13-12-15(9-10-16(13)17)20(18,19)11-5-8-14-6-3-2-4-7-14/h2-4,6-7,9-10,12H,5,8,11,17H2,1H3. The number of nitrogens with two attached hydrogens (primary N) is 1. The van der Waals surface area contributed by atoms with Gasteiger partial charge in [0.2, 0.25) is 0 Å². The Morgan fingerprint density at radius 3 is 2.40 bits per heavy atom. The van der Waals surface area contributed by atoms with Crippen LogP contribution < -0.4 is 5.73 Å². The maximum absolute atomic E-state index is 12.2. The van der Waals surface area contributed by atoms with Gasteiger partial charge in [0.1, 0.15) is 0 Å². The number of anilines is 1. The lowest BCUT2D eigenvalue weighted by Crippen LogP contribution is -2.08. The summed E-state index contributed by atoms with van der Waals surface area (Å²) < 4.78 is 24.5. The second kappa shape index (κ2) is 6.09. The van der Waals surface area contributed by atoms with Crippen molar-refractivity contribution in [1.29, 1.82) is 0 Å². The van der Waals surface area contributed by atoms with Gasteiger partial charge in [0.15, 0.2) is 9.84 Å². The highest BCUT2D eigenvalue weighted by atomic mass is 32.2. The van der Waals surface area contributed by atoms with Crippen molar-refractivity contribution in [2.24, 2.45) is 0 Å². The zero-order chi connectivity index (χ0) is 14.6. The molecule has 106 valence electrons. The molecular formula is C16H19NO2S. The average Bonchev–Trinajstić information content (AvgIpc) is 2.43. The summed E-state index contributed by atoms with van der Waals surface area (Å²) in [6.07, 6.45) is 1.39. The molecule has 2 N–H and O–H groups in total. The highest BCUT2D eigenvalue weighted by molar-refractivity contribution is 7.91. The third-order valence-electron chi connectivity index (χ3n) is 3.32. The first-order valence-electron chi connectivity index (χ1n) is 6.62. The molecule has 0 heterocycles. The van der Waals surface area contributed by atoms with Crippen LogP contribution in [0.3, 0.4) is 0 Å². The van der Waals surface area contributed by atoms with Crippen LogP contribution in [0.1, 0.15) is 17.5 Å². The molecule has 3 nitrogen and oxygen atoms in total. The Bertz CT molecular complexity index is 679. The van der Waals surface area contributed by atoms with Gasteiger partial charge < -0.3 is 5.73 Å². The summed E-state index contributed by atoms with van der Waals surface area (Å²) >= 11 is 0. The minimum atomic E-state index is -3.23. The Hall–Kier alpha value is -1.81. The number of rotatable bonds is 5. The molecule has 0 radical (unpaired) electrons. The maximum Gasteiger partial charge on any atom is 0.178 e. The Balaban J connectivity index is 2.02. The lowest BCUT2D eigenvalue weighted by atomic mass is 10.1. The van der Waals surface area contributed by atoms with Gasteiger partial charge in [0.05, 0.1) is 10.6 Å². The molecule has 0 aliphatic rings. The van der Waals surface area contributed by atoms with Gasteiger partial charge in [0.25, 0.3) is 0 Å². The van der Waals surface area contributed by atoms with Crippen LogP contribution in [0.2, 0.25) is 0 Å². The average molecular weight is 289 g/mol. The number of benzene rings is 2. The van der Waals surface area contributed by atoms with Gasteiger partial charge in [-0.25, -0.2) is 8.42 Å². The van der Waals surface area contributed by atoms with Gasteiger partial charge in [-0.15, -0.1) is 0 Å². The van der Waals surface area contributed by atoms with Crippen molar-refractivity contribution >= 4 is 15.5 Å². The molecule has 20 heavy (non-hydrogen) atoms. The molecule has 0 saturated heterocycles. The molecule has 2 aromatic carbocycles. The molecule has 2 rings (SSSR count). The van der Waals surface area contributed by atoms with Crippen LogP contribution in [0, 0.1) is 6.92 Å². The smallest absolute Gasteiger partial charge is 0.178 e. The van der Waals surface area contributed by atoms with Gasteiger partial charge in [-0.2, -0.15) is 0 Å². The molecule has 4 heteroatoms. The van der Waals surface area contributed by atoms with Crippen molar-refractivity contribution in [1.82, 2.24) is 0 Å². The van der Waals surface area contributed by atoms with Crippen LogP contribution in [-0.4, -0.2) is 14.2 Å². The van der Waals surface area contributed by atoms with Crippen LogP contribution >= 0.6 is 0 Å². The first-order chi connectivity index (χ1) is 9.49. The predicted octanol–water partition coefficient (Wildman–Crippen LogP) is 2.98.